The minimum absolute atomic E-state index is 0.178. The van der Waals surface area contributed by atoms with Gasteiger partial charge in [-0.2, -0.15) is 10.4 Å². The van der Waals surface area contributed by atoms with E-state index in [1.165, 1.54) is 0 Å². The Morgan fingerprint density at radius 3 is 2.92 bits per heavy atom. The highest BCUT2D eigenvalue weighted by molar-refractivity contribution is 6.05. The van der Waals surface area contributed by atoms with Crippen molar-refractivity contribution in [2.24, 2.45) is 5.10 Å². The third-order valence-corrected chi connectivity index (χ3v) is 4.34. The Morgan fingerprint density at radius 1 is 1.31 bits per heavy atom. The van der Waals surface area contributed by atoms with Gasteiger partial charge in [-0.3, -0.25) is 4.79 Å². The third-order valence-electron chi connectivity index (χ3n) is 4.34. The van der Waals surface area contributed by atoms with E-state index in [0.717, 1.165) is 24.0 Å². The number of phenolic OH excluding ortho intramolecular Hbond substituents is 1. The molecule has 0 fully saturated rings. The molecule has 1 amide bonds. The number of hydrazone groups is 1. The molecule has 132 valence electrons. The van der Waals surface area contributed by atoms with Gasteiger partial charge in [0.1, 0.15) is 17.6 Å². The summed E-state index contributed by atoms with van der Waals surface area (Å²) in [5.74, 6) is 0.107. The number of nitrogens with one attached hydrogen (secondary N) is 1. The Kier molecular flexibility index (Phi) is 5.18. The lowest BCUT2D eigenvalue weighted by atomic mass is 9.86. The maximum Gasteiger partial charge on any atom is 0.277 e. The van der Waals surface area contributed by atoms with E-state index >= 15 is 0 Å². The molecular weight excluding hydrogens is 330 g/mol. The number of nitriles is 1. The first-order valence-electron chi connectivity index (χ1n) is 8.39. The number of carbonyl (C=O) groups is 1. The highest BCUT2D eigenvalue weighted by Gasteiger charge is 2.21. The van der Waals surface area contributed by atoms with Crippen molar-refractivity contribution in [3.63, 3.8) is 0 Å². The summed E-state index contributed by atoms with van der Waals surface area (Å²) in [5, 5.41) is 23.4. The number of ether oxygens (including phenoxy) is 1. The molecule has 0 spiro atoms. The minimum Gasteiger partial charge on any atom is -0.507 e. The van der Waals surface area contributed by atoms with Gasteiger partial charge in [-0.1, -0.05) is 18.2 Å². The van der Waals surface area contributed by atoms with Crippen LogP contribution < -0.4 is 10.2 Å². The normalized spacial score (nSPS) is 14.4. The van der Waals surface area contributed by atoms with Crippen LogP contribution in [0.2, 0.25) is 0 Å². The van der Waals surface area contributed by atoms with Crippen molar-refractivity contribution < 1.29 is 14.6 Å². The van der Waals surface area contributed by atoms with Crippen LogP contribution in [-0.4, -0.2) is 23.3 Å². The van der Waals surface area contributed by atoms with Crippen molar-refractivity contribution in [2.45, 2.75) is 26.2 Å². The molecule has 2 N–H and O–H groups in total. The van der Waals surface area contributed by atoms with Crippen LogP contribution in [-0.2, 0) is 11.2 Å². The fourth-order valence-electron chi connectivity index (χ4n) is 3.04. The highest BCUT2D eigenvalue weighted by Crippen LogP contribution is 2.31. The van der Waals surface area contributed by atoms with E-state index in [0.29, 0.717) is 29.0 Å². The number of benzene rings is 2. The topological polar surface area (TPSA) is 94.7 Å². The van der Waals surface area contributed by atoms with Gasteiger partial charge in [-0.15, -0.1) is 0 Å². The molecule has 0 unspecified atom stereocenters. The summed E-state index contributed by atoms with van der Waals surface area (Å²) >= 11 is 0. The maximum absolute atomic E-state index is 12.0. The predicted octanol–water partition coefficient (Wildman–Crippen LogP) is 2.81. The molecule has 0 saturated heterocycles. The van der Waals surface area contributed by atoms with Crippen LogP contribution >= 0.6 is 0 Å². The van der Waals surface area contributed by atoms with Gasteiger partial charge in [0.25, 0.3) is 5.91 Å². The number of nitrogens with zero attached hydrogens (tertiary/aromatic N) is 2. The minimum atomic E-state index is -0.426. The zero-order chi connectivity index (χ0) is 18.5. The molecule has 1 aliphatic rings. The van der Waals surface area contributed by atoms with Crippen molar-refractivity contribution in [3.8, 4) is 17.6 Å². The van der Waals surface area contributed by atoms with Gasteiger partial charge in [-0.25, -0.2) is 5.43 Å². The summed E-state index contributed by atoms with van der Waals surface area (Å²) in [6.45, 7) is 1.75. The summed E-state index contributed by atoms with van der Waals surface area (Å²) in [4.78, 5) is 12.0. The Balaban J connectivity index is 1.69. The van der Waals surface area contributed by atoms with E-state index in [-0.39, 0.29) is 12.4 Å². The molecule has 0 bridgehead atoms. The smallest absolute Gasteiger partial charge is 0.277 e. The van der Waals surface area contributed by atoms with Crippen LogP contribution in [0.1, 0.15) is 35.1 Å². The zero-order valence-electron chi connectivity index (χ0n) is 14.5. The molecule has 0 radical (unpaired) electrons. The highest BCUT2D eigenvalue weighted by atomic mass is 16.5. The molecule has 0 saturated carbocycles. The first-order valence-corrected chi connectivity index (χ1v) is 8.39. The standard InChI is InChI=1S/C20H19N3O3/c1-13-9-10-17(24)20-15(13)6-4-7-16(20)22-23-19(25)12-26-18-8-3-2-5-14(18)11-21/h2-3,5,8-10,24H,4,6-7,12H2,1H3,(H,23,25)/b22-16+. The van der Waals surface area contributed by atoms with Gasteiger partial charge in [0.2, 0.25) is 0 Å². The summed E-state index contributed by atoms with van der Waals surface area (Å²) in [7, 11) is 0. The van der Waals surface area contributed by atoms with E-state index in [2.05, 4.69) is 10.5 Å². The number of aryl methyl sites for hydroxylation is 1. The second-order valence-corrected chi connectivity index (χ2v) is 6.10. The Bertz CT molecular complexity index is 913. The van der Waals surface area contributed by atoms with Crippen LogP contribution in [0, 0.1) is 18.3 Å². The van der Waals surface area contributed by atoms with Gasteiger partial charge < -0.3 is 9.84 Å². The van der Waals surface area contributed by atoms with Gasteiger partial charge in [0, 0.05) is 5.56 Å². The Hall–Kier alpha value is -3.33. The van der Waals surface area contributed by atoms with Crippen molar-refractivity contribution in [2.75, 3.05) is 6.61 Å². The molecule has 2 aromatic carbocycles. The van der Waals surface area contributed by atoms with Crippen LogP contribution in [0.15, 0.2) is 41.5 Å². The SMILES string of the molecule is Cc1ccc(O)c2c1CCC/C2=N\NC(=O)COc1ccccc1C#N. The van der Waals surface area contributed by atoms with Crippen LogP contribution in [0.5, 0.6) is 11.5 Å². The van der Waals surface area contributed by atoms with Crippen LogP contribution in [0.4, 0.5) is 0 Å². The number of aromatic hydroxyl groups is 1. The molecule has 0 atom stereocenters. The van der Waals surface area contributed by atoms with Crippen molar-refractivity contribution in [1.29, 1.82) is 5.26 Å². The lowest BCUT2D eigenvalue weighted by molar-refractivity contribution is -0.123. The molecule has 0 heterocycles. The van der Waals surface area contributed by atoms with Crippen molar-refractivity contribution in [1.82, 2.24) is 5.43 Å². The lowest BCUT2D eigenvalue weighted by Gasteiger charge is -2.21. The second-order valence-electron chi connectivity index (χ2n) is 6.10. The summed E-state index contributed by atoms with van der Waals surface area (Å²) < 4.78 is 5.39. The van der Waals surface area contributed by atoms with Gasteiger partial charge in [-0.05, 0) is 55.5 Å². The number of para-hydroxylation sites is 1. The largest absolute Gasteiger partial charge is 0.507 e. The average molecular weight is 349 g/mol. The maximum atomic E-state index is 12.0. The summed E-state index contributed by atoms with van der Waals surface area (Å²) in [5.41, 5.74) is 6.40. The van der Waals surface area contributed by atoms with Gasteiger partial charge >= 0.3 is 0 Å². The molecule has 1 aliphatic carbocycles. The molecule has 0 aliphatic heterocycles. The number of hydrogen-bond acceptors (Lipinski definition) is 5. The molecule has 6 nitrogen and oxygen atoms in total. The molecule has 26 heavy (non-hydrogen) atoms. The number of hydrogen-bond donors (Lipinski definition) is 2. The Morgan fingerprint density at radius 2 is 2.12 bits per heavy atom. The van der Waals surface area contributed by atoms with E-state index in [9.17, 15) is 9.90 Å². The number of carbonyl (C=O) groups excluding carboxylic acids is 1. The number of fused-ring (bicyclic) bond motifs is 1. The van der Waals surface area contributed by atoms with Crippen molar-refractivity contribution >= 4 is 11.6 Å². The number of phenols is 1. The van der Waals surface area contributed by atoms with Gasteiger partial charge in [0.05, 0.1) is 11.3 Å². The summed E-state index contributed by atoms with van der Waals surface area (Å²) in [6, 6.07) is 12.3. The number of rotatable bonds is 4. The first-order chi connectivity index (χ1) is 12.6. The Labute approximate surface area is 151 Å². The second kappa shape index (κ2) is 7.70. The van der Waals surface area contributed by atoms with E-state index < -0.39 is 5.91 Å². The third kappa shape index (κ3) is 3.67. The van der Waals surface area contributed by atoms with Crippen molar-refractivity contribution in [3.05, 3.63) is 58.7 Å². The summed E-state index contributed by atoms with van der Waals surface area (Å²) in [6.07, 6.45) is 2.48. The fraction of sp³-hybridized carbons (Fsp3) is 0.250. The number of amides is 1. The predicted molar refractivity (Wildman–Crippen MR) is 97.1 cm³/mol. The zero-order valence-corrected chi connectivity index (χ0v) is 14.5. The monoisotopic (exact) mass is 349 g/mol. The molecular formula is C20H19N3O3. The average Bonchev–Trinajstić information content (AvgIpc) is 2.67. The first kappa shape index (κ1) is 17.5. The van der Waals surface area contributed by atoms with E-state index in [1.54, 1.807) is 30.3 Å². The lowest BCUT2D eigenvalue weighted by Crippen LogP contribution is -2.27. The van der Waals surface area contributed by atoms with E-state index in [4.69, 9.17) is 10.00 Å². The molecule has 6 heteroatoms. The van der Waals surface area contributed by atoms with E-state index in [1.807, 2.05) is 19.1 Å². The molecule has 0 aromatic heterocycles. The van der Waals surface area contributed by atoms with Gasteiger partial charge in [0.15, 0.2) is 6.61 Å². The molecule has 3 rings (SSSR count). The van der Waals surface area contributed by atoms with Crippen LogP contribution in [0.25, 0.3) is 0 Å². The quantitative estimate of drug-likeness (QED) is 0.830. The van der Waals surface area contributed by atoms with Crippen LogP contribution in [0.3, 0.4) is 0 Å². The fourth-order valence-corrected chi connectivity index (χ4v) is 3.04. The molecule has 2 aromatic rings.